The molecule has 1 aliphatic carbocycles. The summed E-state index contributed by atoms with van der Waals surface area (Å²) < 4.78 is 12.8. The summed E-state index contributed by atoms with van der Waals surface area (Å²) in [4.78, 5) is 12.5. The molecular formula is C17H31N5O3. The predicted molar refractivity (Wildman–Crippen MR) is 93.7 cm³/mol. The van der Waals surface area contributed by atoms with Crippen molar-refractivity contribution in [2.75, 3.05) is 20.3 Å². The Morgan fingerprint density at radius 3 is 3.04 bits per heavy atom. The number of rotatable bonds is 10. The Kier molecular flexibility index (Phi) is 8.30. The number of hydrogen-bond acceptors (Lipinski definition) is 6. The van der Waals surface area contributed by atoms with Crippen molar-refractivity contribution >= 4 is 5.91 Å². The van der Waals surface area contributed by atoms with Crippen molar-refractivity contribution in [2.45, 2.75) is 64.3 Å². The summed E-state index contributed by atoms with van der Waals surface area (Å²) in [5, 5.41) is 11.0. The number of ether oxygens (including phenoxy) is 2. The van der Waals surface area contributed by atoms with Gasteiger partial charge in [0.15, 0.2) is 5.82 Å². The lowest BCUT2D eigenvalue weighted by Gasteiger charge is -2.33. The second-order valence-corrected chi connectivity index (χ2v) is 6.59. The lowest BCUT2D eigenvalue weighted by atomic mass is 9.83. The number of aromatic nitrogens is 3. The number of nitrogens with one attached hydrogen (secondary N) is 1. The van der Waals surface area contributed by atoms with Gasteiger partial charge < -0.3 is 25.1 Å². The minimum Gasteiger partial charge on any atom is -0.385 e. The Bertz CT molecular complexity index is 522. The topological polar surface area (TPSA) is 104 Å². The van der Waals surface area contributed by atoms with Crippen LogP contribution in [0.2, 0.25) is 0 Å². The third kappa shape index (κ3) is 6.05. The fourth-order valence-electron chi connectivity index (χ4n) is 3.14. The molecule has 1 aliphatic rings. The number of nitrogens with two attached hydrogens (primary N) is 1. The Morgan fingerprint density at radius 2 is 2.28 bits per heavy atom. The van der Waals surface area contributed by atoms with Gasteiger partial charge in [-0.05, 0) is 32.1 Å². The van der Waals surface area contributed by atoms with Gasteiger partial charge in [-0.3, -0.25) is 4.79 Å². The number of carbonyl (C=O) groups is 1. The molecule has 8 heteroatoms. The zero-order valence-corrected chi connectivity index (χ0v) is 15.3. The maximum absolute atomic E-state index is 12.5. The summed E-state index contributed by atoms with van der Waals surface area (Å²) in [6.45, 7) is 4.61. The van der Waals surface area contributed by atoms with E-state index in [9.17, 15) is 4.79 Å². The maximum Gasteiger partial charge on any atom is 0.223 e. The molecule has 0 radical (unpaired) electrons. The largest absolute Gasteiger partial charge is 0.385 e. The van der Waals surface area contributed by atoms with Crippen molar-refractivity contribution < 1.29 is 14.3 Å². The van der Waals surface area contributed by atoms with E-state index in [-0.39, 0.29) is 24.0 Å². The van der Waals surface area contributed by atoms with E-state index in [0.717, 1.165) is 38.1 Å². The van der Waals surface area contributed by atoms with Gasteiger partial charge in [-0.1, -0.05) is 6.92 Å². The van der Waals surface area contributed by atoms with Gasteiger partial charge in [0.05, 0.1) is 12.6 Å². The Hall–Kier alpha value is -1.51. The zero-order chi connectivity index (χ0) is 18.1. The quantitative estimate of drug-likeness (QED) is 0.605. The first-order valence-electron chi connectivity index (χ1n) is 9.16. The van der Waals surface area contributed by atoms with Gasteiger partial charge in [0.1, 0.15) is 6.33 Å². The van der Waals surface area contributed by atoms with Crippen LogP contribution in [0.3, 0.4) is 0 Å². The minimum atomic E-state index is -0.0495. The third-order valence-electron chi connectivity index (χ3n) is 4.61. The van der Waals surface area contributed by atoms with Crippen molar-refractivity contribution in [1.29, 1.82) is 0 Å². The summed E-state index contributed by atoms with van der Waals surface area (Å²) >= 11 is 0. The Labute approximate surface area is 149 Å². The molecule has 0 aromatic carbocycles. The lowest BCUT2D eigenvalue weighted by Crippen LogP contribution is -2.45. The SMILES string of the molecule is CCCO[C@@H]1C[C@@H](C(=O)NCc2nncn2CCCOC)CC[C@H]1N. The van der Waals surface area contributed by atoms with Gasteiger partial charge in [-0.25, -0.2) is 0 Å². The Balaban J connectivity index is 1.81. The maximum atomic E-state index is 12.5. The van der Waals surface area contributed by atoms with Crippen LogP contribution in [0.5, 0.6) is 0 Å². The van der Waals surface area contributed by atoms with Gasteiger partial charge in [0.25, 0.3) is 0 Å². The highest BCUT2D eigenvalue weighted by molar-refractivity contribution is 5.78. The molecule has 1 heterocycles. The van der Waals surface area contributed by atoms with Gasteiger partial charge in [0.2, 0.25) is 5.91 Å². The first-order chi connectivity index (χ1) is 12.2. The molecule has 1 saturated carbocycles. The fraction of sp³-hybridized carbons (Fsp3) is 0.824. The Morgan fingerprint density at radius 1 is 1.44 bits per heavy atom. The van der Waals surface area contributed by atoms with E-state index in [1.807, 2.05) is 4.57 Å². The van der Waals surface area contributed by atoms with E-state index in [4.69, 9.17) is 15.2 Å². The lowest BCUT2D eigenvalue weighted by molar-refractivity contribution is -0.128. The summed E-state index contributed by atoms with van der Waals surface area (Å²) in [6, 6.07) is 0.0273. The van der Waals surface area contributed by atoms with Crippen LogP contribution in [0.25, 0.3) is 0 Å². The molecule has 0 bridgehead atoms. The smallest absolute Gasteiger partial charge is 0.223 e. The van der Waals surface area contributed by atoms with Gasteiger partial charge in [-0.15, -0.1) is 10.2 Å². The molecule has 3 atom stereocenters. The molecule has 25 heavy (non-hydrogen) atoms. The average Bonchev–Trinajstić information content (AvgIpc) is 3.06. The summed E-state index contributed by atoms with van der Waals surface area (Å²) in [5.41, 5.74) is 6.12. The molecule has 0 unspecified atom stereocenters. The van der Waals surface area contributed by atoms with E-state index >= 15 is 0 Å². The van der Waals surface area contributed by atoms with Crippen LogP contribution < -0.4 is 11.1 Å². The molecule has 1 aromatic rings. The molecule has 1 amide bonds. The van der Waals surface area contributed by atoms with E-state index in [1.165, 1.54) is 0 Å². The number of nitrogens with zero attached hydrogens (tertiary/aromatic N) is 3. The van der Waals surface area contributed by atoms with Gasteiger partial charge in [0, 0.05) is 38.8 Å². The molecule has 0 saturated heterocycles. The van der Waals surface area contributed by atoms with Crippen molar-refractivity contribution in [1.82, 2.24) is 20.1 Å². The molecular weight excluding hydrogens is 322 g/mol. The molecule has 3 N–H and O–H groups in total. The van der Waals surface area contributed by atoms with E-state index in [1.54, 1.807) is 13.4 Å². The average molecular weight is 353 g/mol. The van der Waals surface area contributed by atoms with Gasteiger partial charge >= 0.3 is 0 Å². The second kappa shape index (κ2) is 10.5. The first-order valence-corrected chi connectivity index (χ1v) is 9.16. The highest BCUT2D eigenvalue weighted by atomic mass is 16.5. The summed E-state index contributed by atoms with van der Waals surface area (Å²) in [7, 11) is 1.68. The minimum absolute atomic E-state index is 0.0258. The van der Waals surface area contributed by atoms with E-state index in [2.05, 4.69) is 22.4 Å². The molecule has 1 aromatic heterocycles. The molecule has 0 aliphatic heterocycles. The first kappa shape index (κ1) is 19.8. The third-order valence-corrected chi connectivity index (χ3v) is 4.61. The van der Waals surface area contributed by atoms with Crippen molar-refractivity contribution in [3.63, 3.8) is 0 Å². The molecule has 1 fully saturated rings. The van der Waals surface area contributed by atoms with Gasteiger partial charge in [-0.2, -0.15) is 0 Å². The summed E-state index contributed by atoms with van der Waals surface area (Å²) in [5.74, 6) is 0.755. The normalized spacial score (nSPS) is 23.6. The van der Waals surface area contributed by atoms with Crippen molar-refractivity contribution in [3.05, 3.63) is 12.2 Å². The molecule has 8 nitrogen and oxygen atoms in total. The zero-order valence-electron chi connectivity index (χ0n) is 15.3. The molecule has 0 spiro atoms. The molecule has 142 valence electrons. The second-order valence-electron chi connectivity index (χ2n) is 6.59. The highest BCUT2D eigenvalue weighted by Gasteiger charge is 2.32. The van der Waals surface area contributed by atoms with Crippen molar-refractivity contribution in [3.8, 4) is 0 Å². The van der Waals surface area contributed by atoms with Crippen LogP contribution in [0.15, 0.2) is 6.33 Å². The number of aryl methyl sites for hydroxylation is 1. The predicted octanol–water partition coefficient (Wildman–Crippen LogP) is 0.853. The van der Waals surface area contributed by atoms with Crippen LogP contribution >= 0.6 is 0 Å². The monoisotopic (exact) mass is 353 g/mol. The summed E-state index contributed by atoms with van der Waals surface area (Å²) in [6.07, 6.45) is 5.81. The highest BCUT2D eigenvalue weighted by Crippen LogP contribution is 2.26. The number of methoxy groups -OCH3 is 1. The number of amides is 1. The van der Waals surface area contributed by atoms with Crippen molar-refractivity contribution in [2.24, 2.45) is 11.7 Å². The van der Waals surface area contributed by atoms with Crippen LogP contribution in [0, 0.1) is 5.92 Å². The molecule has 2 rings (SSSR count). The number of hydrogen-bond donors (Lipinski definition) is 2. The van der Waals surface area contributed by atoms with E-state index < -0.39 is 0 Å². The van der Waals surface area contributed by atoms with Crippen LogP contribution in [0.1, 0.15) is 44.9 Å². The van der Waals surface area contributed by atoms with Crippen LogP contribution in [-0.2, 0) is 27.4 Å². The van der Waals surface area contributed by atoms with Crippen LogP contribution in [-0.4, -0.2) is 53.1 Å². The van der Waals surface area contributed by atoms with E-state index in [0.29, 0.717) is 26.2 Å². The fourth-order valence-corrected chi connectivity index (χ4v) is 3.14. The van der Waals surface area contributed by atoms with Crippen LogP contribution in [0.4, 0.5) is 0 Å². The standard InChI is InChI=1S/C17H31N5O3/c1-3-8-25-15-10-13(5-6-14(15)18)17(23)19-11-16-21-20-12-22(16)7-4-9-24-2/h12-15H,3-11,18H2,1-2H3,(H,19,23)/t13-,14+,15+/m0/s1. The number of carbonyl (C=O) groups excluding carboxylic acids is 1.